The van der Waals surface area contributed by atoms with Crippen molar-refractivity contribution in [2.75, 3.05) is 25.2 Å². The van der Waals surface area contributed by atoms with E-state index in [-0.39, 0.29) is 19.1 Å². The second-order valence-electron chi connectivity index (χ2n) is 5.43. The summed E-state index contributed by atoms with van der Waals surface area (Å²) in [5, 5.41) is 11.1. The molecular weight excluding hydrogens is 375 g/mol. The Hall–Kier alpha value is -3.02. The summed E-state index contributed by atoms with van der Waals surface area (Å²) in [6.45, 7) is 2.88. The number of nitro groups is 1. The maximum Gasteiger partial charge on any atom is 0.420 e. The summed E-state index contributed by atoms with van der Waals surface area (Å²) in [5.74, 6) is -3.07. The van der Waals surface area contributed by atoms with Crippen molar-refractivity contribution in [2.45, 2.75) is 18.6 Å². The molecule has 27 heavy (non-hydrogen) atoms. The summed E-state index contributed by atoms with van der Waals surface area (Å²) < 4.78 is 50.0. The van der Waals surface area contributed by atoms with Crippen molar-refractivity contribution in [3.63, 3.8) is 0 Å². The van der Waals surface area contributed by atoms with E-state index in [2.05, 4.69) is 16.3 Å². The minimum Gasteiger partial charge on any atom is -0.464 e. The van der Waals surface area contributed by atoms with Gasteiger partial charge in [0.05, 0.1) is 24.7 Å². The molecular formula is C15H14F3N3O6. The van der Waals surface area contributed by atoms with Crippen LogP contribution in [0.5, 0.6) is 0 Å². The highest BCUT2D eigenvalue weighted by Gasteiger charge is 2.43. The number of amides is 1. The fraction of sp³-hybridized carbons (Fsp3) is 0.400. The minimum atomic E-state index is -5.07. The molecule has 0 saturated carbocycles. The summed E-state index contributed by atoms with van der Waals surface area (Å²) >= 11 is 0. The van der Waals surface area contributed by atoms with Gasteiger partial charge < -0.3 is 9.47 Å². The van der Waals surface area contributed by atoms with Gasteiger partial charge >= 0.3 is 17.8 Å². The van der Waals surface area contributed by atoms with Gasteiger partial charge in [0.2, 0.25) is 5.69 Å². The highest BCUT2D eigenvalue weighted by atomic mass is 19.4. The first-order valence-electron chi connectivity index (χ1n) is 7.47. The van der Waals surface area contributed by atoms with Gasteiger partial charge in [-0.15, -0.1) is 6.58 Å². The molecule has 1 aliphatic rings. The average molecular weight is 389 g/mol. The number of anilines is 1. The van der Waals surface area contributed by atoms with Gasteiger partial charge in [0.25, 0.3) is 5.91 Å². The Balaban J connectivity index is 2.78. The van der Waals surface area contributed by atoms with Crippen LogP contribution in [0, 0.1) is 10.1 Å². The zero-order chi connectivity index (χ0) is 20.4. The number of hydrogen-bond acceptors (Lipinski definition) is 7. The maximum absolute atomic E-state index is 13.5. The van der Waals surface area contributed by atoms with E-state index < -0.39 is 58.4 Å². The van der Waals surface area contributed by atoms with Gasteiger partial charge in [0, 0.05) is 6.07 Å². The number of nitrogens with zero attached hydrogens (tertiary/aromatic N) is 3. The Kier molecular flexibility index (Phi) is 5.78. The molecule has 12 heteroatoms. The van der Waals surface area contributed by atoms with Gasteiger partial charge in [-0.25, -0.2) is 9.78 Å². The van der Waals surface area contributed by atoms with Gasteiger partial charge in [-0.2, -0.15) is 13.2 Å². The van der Waals surface area contributed by atoms with E-state index in [1.165, 1.54) is 6.08 Å². The van der Waals surface area contributed by atoms with Crippen LogP contribution in [0.25, 0.3) is 0 Å². The molecule has 0 aromatic carbocycles. The molecule has 2 rings (SSSR count). The molecule has 1 saturated heterocycles. The van der Waals surface area contributed by atoms with Crippen LogP contribution in [0.3, 0.4) is 0 Å². The van der Waals surface area contributed by atoms with Gasteiger partial charge in [-0.1, -0.05) is 6.08 Å². The molecule has 1 aromatic heterocycles. The van der Waals surface area contributed by atoms with Crippen LogP contribution in [-0.2, 0) is 20.4 Å². The van der Waals surface area contributed by atoms with Crippen molar-refractivity contribution >= 4 is 23.4 Å². The van der Waals surface area contributed by atoms with Crippen LogP contribution in [0.1, 0.15) is 22.5 Å². The van der Waals surface area contributed by atoms with Crippen molar-refractivity contribution in [1.82, 2.24) is 4.98 Å². The molecule has 0 radical (unpaired) electrons. The first kappa shape index (κ1) is 20.3. The molecule has 1 aliphatic heterocycles. The quantitative estimate of drug-likeness (QED) is 0.328. The van der Waals surface area contributed by atoms with Crippen LogP contribution in [0.2, 0.25) is 0 Å². The fourth-order valence-electron chi connectivity index (χ4n) is 2.56. The molecule has 0 unspecified atom stereocenters. The van der Waals surface area contributed by atoms with Crippen LogP contribution in [0.4, 0.5) is 24.7 Å². The number of alkyl halides is 3. The fourth-order valence-corrected chi connectivity index (χ4v) is 2.56. The largest absolute Gasteiger partial charge is 0.464 e. The Bertz CT molecular complexity index is 796. The number of halogens is 3. The number of carbonyl (C=O) groups is 2. The van der Waals surface area contributed by atoms with Gasteiger partial charge in [0.15, 0.2) is 0 Å². The molecule has 1 amide bonds. The second kappa shape index (κ2) is 7.70. The lowest BCUT2D eigenvalue weighted by atomic mass is 10.1. The molecule has 9 nitrogen and oxygen atoms in total. The van der Waals surface area contributed by atoms with Crippen LogP contribution in [0.15, 0.2) is 18.7 Å². The van der Waals surface area contributed by atoms with Crippen molar-refractivity contribution < 1.29 is 37.2 Å². The SMILES string of the molecule is C=CC[C@@H]1COCC(=O)N1c1nc(C(=O)OC)c([N+](=O)[O-])cc1C(F)(F)F. The Morgan fingerprint density at radius 3 is 2.78 bits per heavy atom. The summed E-state index contributed by atoms with van der Waals surface area (Å²) in [6.07, 6.45) is -3.62. The Labute approximate surface area is 150 Å². The summed E-state index contributed by atoms with van der Waals surface area (Å²) in [5.41, 5.74) is -3.65. The number of ether oxygens (including phenoxy) is 2. The molecule has 1 aromatic rings. The number of pyridine rings is 1. The number of morpholine rings is 1. The maximum atomic E-state index is 13.5. The van der Waals surface area contributed by atoms with Gasteiger partial charge in [0.1, 0.15) is 18.0 Å². The smallest absolute Gasteiger partial charge is 0.420 e. The molecule has 0 N–H and O–H groups in total. The molecule has 0 aliphatic carbocycles. The summed E-state index contributed by atoms with van der Waals surface area (Å²) in [6, 6.07) is -0.702. The predicted molar refractivity (Wildman–Crippen MR) is 84.1 cm³/mol. The third-order valence-corrected chi connectivity index (χ3v) is 3.70. The van der Waals surface area contributed by atoms with Crippen molar-refractivity contribution in [3.8, 4) is 0 Å². The second-order valence-corrected chi connectivity index (χ2v) is 5.43. The highest BCUT2D eigenvalue weighted by Crippen LogP contribution is 2.40. The van der Waals surface area contributed by atoms with E-state index in [0.717, 1.165) is 12.0 Å². The minimum absolute atomic E-state index is 0.0786. The first-order valence-corrected chi connectivity index (χ1v) is 7.47. The van der Waals surface area contributed by atoms with E-state index in [1.807, 2.05) is 0 Å². The standard InChI is InChI=1S/C15H14F3N3O6/c1-3-4-8-6-27-7-11(22)20(8)13-9(15(16,17)18)5-10(21(24)25)12(19-13)14(23)26-2/h3,5,8H,1,4,6-7H2,2H3/t8-/m1/s1. The van der Waals surface area contributed by atoms with Crippen molar-refractivity contribution in [2.24, 2.45) is 0 Å². The normalized spacial score (nSPS) is 17.6. The highest BCUT2D eigenvalue weighted by molar-refractivity contribution is 5.97. The van der Waals surface area contributed by atoms with E-state index in [9.17, 15) is 32.9 Å². The van der Waals surface area contributed by atoms with Gasteiger partial charge in [-0.3, -0.25) is 19.8 Å². The molecule has 1 fully saturated rings. The topological polar surface area (TPSA) is 112 Å². The lowest BCUT2D eigenvalue weighted by Crippen LogP contribution is -2.50. The van der Waals surface area contributed by atoms with E-state index in [1.54, 1.807) is 0 Å². The molecule has 0 spiro atoms. The average Bonchev–Trinajstić information content (AvgIpc) is 2.59. The van der Waals surface area contributed by atoms with Crippen LogP contribution < -0.4 is 4.90 Å². The zero-order valence-corrected chi connectivity index (χ0v) is 14.0. The van der Waals surface area contributed by atoms with Crippen LogP contribution in [-0.4, -0.2) is 48.1 Å². The molecule has 1 atom stereocenters. The number of methoxy groups -OCH3 is 1. The number of aromatic nitrogens is 1. The zero-order valence-electron chi connectivity index (χ0n) is 14.0. The number of esters is 1. The monoisotopic (exact) mass is 389 g/mol. The Morgan fingerprint density at radius 2 is 2.26 bits per heavy atom. The Morgan fingerprint density at radius 1 is 1.59 bits per heavy atom. The third kappa shape index (κ3) is 4.05. The lowest BCUT2D eigenvalue weighted by molar-refractivity contribution is -0.385. The number of rotatable bonds is 5. The summed E-state index contributed by atoms with van der Waals surface area (Å²) in [7, 11) is 0.894. The first-order chi connectivity index (χ1) is 12.6. The van der Waals surface area contributed by atoms with E-state index >= 15 is 0 Å². The number of carbonyl (C=O) groups excluding carboxylic acids is 2. The lowest BCUT2D eigenvalue weighted by Gasteiger charge is -2.35. The molecule has 0 bridgehead atoms. The van der Waals surface area contributed by atoms with E-state index in [4.69, 9.17) is 4.74 Å². The third-order valence-electron chi connectivity index (χ3n) is 3.70. The van der Waals surface area contributed by atoms with Crippen molar-refractivity contribution in [3.05, 3.63) is 40.1 Å². The van der Waals surface area contributed by atoms with Crippen LogP contribution >= 0.6 is 0 Å². The van der Waals surface area contributed by atoms with Crippen molar-refractivity contribution in [1.29, 1.82) is 0 Å². The van der Waals surface area contributed by atoms with Gasteiger partial charge in [-0.05, 0) is 6.42 Å². The molecule has 2 heterocycles. The number of hydrogen-bond donors (Lipinski definition) is 0. The molecule has 146 valence electrons. The predicted octanol–water partition coefficient (Wildman–Crippen LogP) is 2.10. The van der Waals surface area contributed by atoms with E-state index in [0.29, 0.717) is 0 Å². The summed E-state index contributed by atoms with van der Waals surface area (Å²) in [4.78, 5) is 38.2.